The Kier molecular flexibility index (Phi) is 5.05. The first-order chi connectivity index (χ1) is 11.2. The van der Waals surface area contributed by atoms with Gasteiger partial charge in [0.15, 0.2) is 0 Å². The van der Waals surface area contributed by atoms with Crippen LogP contribution in [0, 0.1) is 5.92 Å². The summed E-state index contributed by atoms with van der Waals surface area (Å²) in [4.78, 5) is 17.6. The summed E-state index contributed by atoms with van der Waals surface area (Å²) < 4.78 is 1.93. The first-order valence-electron chi connectivity index (χ1n) is 9.21. The lowest BCUT2D eigenvalue weighted by atomic mass is 9.84. The summed E-state index contributed by atoms with van der Waals surface area (Å²) in [5.41, 5.74) is -0.450. The number of carbonyl (C=O) groups excluding carboxylic acids is 1. The van der Waals surface area contributed by atoms with Crippen molar-refractivity contribution in [2.75, 3.05) is 32.7 Å². The molecule has 0 atom stereocenters. The predicted octanol–water partition coefficient (Wildman–Crippen LogP) is 2.34. The number of aromatic nitrogens is 2. The number of hydrogen-bond acceptors (Lipinski definition) is 3. The third-order valence-electron chi connectivity index (χ3n) is 5.84. The SMILES string of the molecule is CCC(CC)CN1CCC(C(=O)N2CCC2)(n2cccn2)CC1. The number of rotatable bonds is 6. The van der Waals surface area contributed by atoms with E-state index in [2.05, 4.69) is 23.8 Å². The Balaban J connectivity index is 1.71. The molecule has 0 saturated carbocycles. The molecule has 1 aromatic rings. The summed E-state index contributed by atoms with van der Waals surface area (Å²) in [6.45, 7) is 9.55. The van der Waals surface area contributed by atoms with Gasteiger partial charge in [0.1, 0.15) is 5.54 Å². The Morgan fingerprint density at radius 3 is 2.35 bits per heavy atom. The normalized spacial score (nSPS) is 21.4. The van der Waals surface area contributed by atoms with Gasteiger partial charge in [-0.3, -0.25) is 9.48 Å². The minimum absolute atomic E-state index is 0.287. The number of amides is 1. The van der Waals surface area contributed by atoms with Gasteiger partial charge in [0.2, 0.25) is 0 Å². The van der Waals surface area contributed by atoms with Crippen molar-refractivity contribution in [3.8, 4) is 0 Å². The maximum Gasteiger partial charge on any atom is 0.250 e. The highest BCUT2D eigenvalue weighted by Gasteiger charge is 2.46. The summed E-state index contributed by atoms with van der Waals surface area (Å²) >= 11 is 0. The zero-order valence-corrected chi connectivity index (χ0v) is 14.6. The maximum atomic E-state index is 13.1. The monoisotopic (exact) mass is 318 g/mol. The van der Waals surface area contributed by atoms with E-state index in [1.165, 1.54) is 19.4 Å². The second-order valence-corrected chi connectivity index (χ2v) is 7.11. The Morgan fingerprint density at radius 1 is 1.17 bits per heavy atom. The van der Waals surface area contributed by atoms with Crippen LogP contribution >= 0.6 is 0 Å². The number of piperidine rings is 1. The molecular formula is C18H30N4O. The molecule has 3 rings (SSSR count). The fourth-order valence-corrected chi connectivity index (χ4v) is 3.89. The van der Waals surface area contributed by atoms with E-state index in [1.807, 2.05) is 21.8 Å². The molecular weight excluding hydrogens is 288 g/mol. The molecule has 2 saturated heterocycles. The molecule has 0 N–H and O–H groups in total. The van der Waals surface area contributed by atoms with E-state index in [0.717, 1.165) is 51.4 Å². The number of nitrogens with zero attached hydrogens (tertiary/aromatic N) is 4. The molecule has 2 aliphatic heterocycles. The van der Waals surface area contributed by atoms with Crippen molar-refractivity contribution in [2.24, 2.45) is 5.92 Å². The van der Waals surface area contributed by atoms with Crippen molar-refractivity contribution in [2.45, 2.75) is 51.5 Å². The van der Waals surface area contributed by atoms with Crippen LogP contribution in [0.25, 0.3) is 0 Å². The zero-order chi connectivity index (χ0) is 16.3. The quantitative estimate of drug-likeness (QED) is 0.808. The number of likely N-dealkylation sites (tertiary alicyclic amines) is 2. The average molecular weight is 318 g/mol. The molecule has 2 fully saturated rings. The van der Waals surface area contributed by atoms with Crippen LogP contribution in [0.15, 0.2) is 18.5 Å². The maximum absolute atomic E-state index is 13.1. The van der Waals surface area contributed by atoms with Crippen molar-refractivity contribution >= 4 is 5.91 Å². The summed E-state index contributed by atoms with van der Waals surface area (Å²) in [5.74, 6) is 1.06. The summed E-state index contributed by atoms with van der Waals surface area (Å²) in [7, 11) is 0. The number of hydrogen-bond donors (Lipinski definition) is 0. The fraction of sp³-hybridized carbons (Fsp3) is 0.778. The third kappa shape index (κ3) is 3.16. The van der Waals surface area contributed by atoms with Crippen LogP contribution in [-0.4, -0.2) is 58.2 Å². The highest BCUT2D eigenvalue weighted by molar-refractivity contribution is 5.85. The Labute approximate surface area is 139 Å². The summed E-state index contributed by atoms with van der Waals surface area (Å²) in [6, 6.07) is 1.93. The van der Waals surface area contributed by atoms with Crippen LogP contribution in [0.2, 0.25) is 0 Å². The summed E-state index contributed by atoms with van der Waals surface area (Å²) in [6.07, 6.45) is 9.14. The van der Waals surface area contributed by atoms with Crippen LogP contribution in [-0.2, 0) is 10.3 Å². The molecule has 5 nitrogen and oxygen atoms in total. The molecule has 5 heteroatoms. The molecule has 23 heavy (non-hydrogen) atoms. The molecule has 0 unspecified atom stereocenters. The minimum atomic E-state index is -0.450. The Bertz CT molecular complexity index is 497. The van der Waals surface area contributed by atoms with Gasteiger partial charge in [0.05, 0.1) is 0 Å². The molecule has 0 spiro atoms. The van der Waals surface area contributed by atoms with Crippen LogP contribution in [0.3, 0.4) is 0 Å². The van der Waals surface area contributed by atoms with Gasteiger partial charge in [-0.2, -0.15) is 5.10 Å². The van der Waals surface area contributed by atoms with Crippen LogP contribution in [0.1, 0.15) is 46.0 Å². The molecule has 2 aliphatic rings. The van der Waals surface area contributed by atoms with Gasteiger partial charge in [0, 0.05) is 45.1 Å². The van der Waals surface area contributed by atoms with Gasteiger partial charge in [0.25, 0.3) is 5.91 Å². The molecule has 1 aromatic heterocycles. The lowest BCUT2D eigenvalue weighted by Gasteiger charge is -2.45. The van der Waals surface area contributed by atoms with Crippen LogP contribution in [0.5, 0.6) is 0 Å². The molecule has 0 aliphatic carbocycles. The second kappa shape index (κ2) is 7.04. The number of carbonyl (C=O) groups is 1. The van der Waals surface area contributed by atoms with Gasteiger partial charge >= 0.3 is 0 Å². The second-order valence-electron chi connectivity index (χ2n) is 7.11. The third-order valence-corrected chi connectivity index (χ3v) is 5.84. The molecule has 128 valence electrons. The smallest absolute Gasteiger partial charge is 0.250 e. The van der Waals surface area contributed by atoms with E-state index in [-0.39, 0.29) is 5.91 Å². The molecule has 0 bridgehead atoms. The van der Waals surface area contributed by atoms with Crippen molar-refractivity contribution in [1.82, 2.24) is 19.6 Å². The topological polar surface area (TPSA) is 41.4 Å². The van der Waals surface area contributed by atoms with E-state index < -0.39 is 5.54 Å². The van der Waals surface area contributed by atoms with E-state index >= 15 is 0 Å². The van der Waals surface area contributed by atoms with Crippen molar-refractivity contribution in [3.05, 3.63) is 18.5 Å². The van der Waals surface area contributed by atoms with Gasteiger partial charge in [-0.25, -0.2) is 0 Å². The molecule has 0 radical (unpaired) electrons. The predicted molar refractivity (Wildman–Crippen MR) is 91.1 cm³/mol. The lowest BCUT2D eigenvalue weighted by molar-refractivity contribution is -0.148. The van der Waals surface area contributed by atoms with Gasteiger partial charge in [-0.1, -0.05) is 26.7 Å². The summed E-state index contributed by atoms with van der Waals surface area (Å²) in [5, 5.41) is 4.44. The fourth-order valence-electron chi connectivity index (χ4n) is 3.89. The van der Waals surface area contributed by atoms with E-state index in [1.54, 1.807) is 6.20 Å². The largest absolute Gasteiger partial charge is 0.340 e. The standard InChI is InChI=1S/C18H30N4O/c1-3-16(4-2)15-20-13-7-18(8-14-20,22-12-5-9-19-22)17(23)21-10-6-11-21/h5,9,12,16H,3-4,6-8,10-11,13-15H2,1-2H3. The average Bonchev–Trinajstić information content (AvgIpc) is 3.06. The zero-order valence-electron chi connectivity index (χ0n) is 14.6. The minimum Gasteiger partial charge on any atom is -0.340 e. The Morgan fingerprint density at radius 2 is 1.87 bits per heavy atom. The van der Waals surface area contributed by atoms with E-state index in [4.69, 9.17) is 0 Å². The lowest BCUT2D eigenvalue weighted by Crippen LogP contribution is -2.59. The van der Waals surface area contributed by atoms with Crippen molar-refractivity contribution in [1.29, 1.82) is 0 Å². The first kappa shape index (κ1) is 16.5. The Hall–Kier alpha value is -1.36. The first-order valence-corrected chi connectivity index (χ1v) is 9.21. The molecule has 0 aromatic carbocycles. The van der Waals surface area contributed by atoms with Gasteiger partial charge < -0.3 is 9.80 Å². The van der Waals surface area contributed by atoms with Crippen LogP contribution < -0.4 is 0 Å². The van der Waals surface area contributed by atoms with Crippen molar-refractivity contribution in [3.63, 3.8) is 0 Å². The van der Waals surface area contributed by atoms with Gasteiger partial charge in [-0.05, 0) is 31.2 Å². The van der Waals surface area contributed by atoms with E-state index in [0.29, 0.717) is 0 Å². The van der Waals surface area contributed by atoms with Gasteiger partial charge in [-0.15, -0.1) is 0 Å². The molecule has 1 amide bonds. The highest BCUT2D eigenvalue weighted by atomic mass is 16.2. The van der Waals surface area contributed by atoms with E-state index in [9.17, 15) is 4.79 Å². The highest BCUT2D eigenvalue weighted by Crippen LogP contribution is 2.33. The van der Waals surface area contributed by atoms with Crippen molar-refractivity contribution < 1.29 is 4.79 Å². The molecule has 3 heterocycles. The van der Waals surface area contributed by atoms with Crippen LogP contribution in [0.4, 0.5) is 0 Å².